The Morgan fingerprint density at radius 2 is 1.73 bits per heavy atom. The maximum absolute atomic E-state index is 10.9. The maximum Gasteiger partial charge on any atom is 0.341 e. The molecule has 15 heavy (non-hydrogen) atoms. The van der Waals surface area contributed by atoms with Crippen molar-refractivity contribution in [3.63, 3.8) is 0 Å². The van der Waals surface area contributed by atoms with E-state index in [-0.39, 0.29) is 6.42 Å². The van der Waals surface area contributed by atoms with Crippen molar-refractivity contribution in [1.82, 2.24) is 0 Å². The van der Waals surface area contributed by atoms with Gasteiger partial charge in [0.05, 0.1) is 0 Å². The standard InChI is InChI=1S/C6H10O6P2S/c7-13(8,9)6(14(10,11)12)4-5-2-1-3-15-5/h1-3,6H,4H2,(H2,7,8,9)(H2,10,11,12). The van der Waals surface area contributed by atoms with Gasteiger partial charge in [0.2, 0.25) is 0 Å². The van der Waals surface area contributed by atoms with Crippen LogP contribution in [0.15, 0.2) is 17.5 Å². The van der Waals surface area contributed by atoms with Crippen molar-refractivity contribution in [1.29, 1.82) is 0 Å². The van der Waals surface area contributed by atoms with Crippen molar-refractivity contribution >= 4 is 26.5 Å². The highest BCUT2D eigenvalue weighted by molar-refractivity contribution is 7.70. The third-order valence-corrected chi connectivity index (χ3v) is 6.36. The molecule has 0 radical (unpaired) electrons. The Morgan fingerprint density at radius 3 is 2.07 bits per heavy atom. The van der Waals surface area contributed by atoms with Gasteiger partial charge in [-0.05, 0) is 11.4 Å². The molecular formula is C6H10O6P2S. The molecule has 1 rings (SSSR count). The average Bonchev–Trinajstić information content (AvgIpc) is 2.46. The minimum absolute atomic E-state index is 0.313. The Kier molecular flexibility index (Phi) is 3.90. The molecule has 1 aromatic heterocycles. The second-order valence-electron chi connectivity index (χ2n) is 2.94. The molecule has 0 fully saturated rings. The maximum atomic E-state index is 10.9. The molecule has 4 N–H and O–H groups in total. The lowest BCUT2D eigenvalue weighted by Crippen LogP contribution is -2.11. The van der Waals surface area contributed by atoms with Crippen LogP contribution < -0.4 is 0 Å². The molecule has 86 valence electrons. The van der Waals surface area contributed by atoms with Gasteiger partial charge in [-0.3, -0.25) is 9.13 Å². The van der Waals surface area contributed by atoms with E-state index in [0.717, 1.165) is 0 Å². The molecule has 0 aliphatic carbocycles. The predicted molar refractivity (Wildman–Crippen MR) is 55.9 cm³/mol. The van der Waals surface area contributed by atoms with E-state index in [9.17, 15) is 9.13 Å². The monoisotopic (exact) mass is 272 g/mol. The smallest absolute Gasteiger partial charge is 0.324 e. The summed E-state index contributed by atoms with van der Waals surface area (Å²) in [6.45, 7) is 0. The van der Waals surface area contributed by atoms with Crippen LogP contribution in [-0.4, -0.2) is 25.0 Å². The Labute approximate surface area is 89.9 Å². The molecule has 0 saturated carbocycles. The van der Waals surface area contributed by atoms with E-state index in [1.165, 1.54) is 11.3 Å². The van der Waals surface area contributed by atoms with E-state index in [4.69, 9.17) is 19.6 Å². The van der Waals surface area contributed by atoms with Crippen LogP contribution in [0.1, 0.15) is 4.88 Å². The van der Waals surface area contributed by atoms with Crippen LogP contribution in [0.25, 0.3) is 0 Å². The molecule has 1 aromatic rings. The fourth-order valence-electron chi connectivity index (χ4n) is 1.04. The Bertz CT molecular complexity index is 381. The van der Waals surface area contributed by atoms with Gasteiger partial charge in [-0.25, -0.2) is 0 Å². The van der Waals surface area contributed by atoms with Crippen LogP contribution in [0.4, 0.5) is 0 Å². The first-order valence-corrected chi connectivity index (χ1v) is 8.08. The molecule has 0 spiro atoms. The van der Waals surface area contributed by atoms with E-state index in [0.29, 0.717) is 4.88 Å². The summed E-state index contributed by atoms with van der Waals surface area (Å²) in [5.74, 6) is 0. The van der Waals surface area contributed by atoms with Crippen molar-refractivity contribution in [2.45, 2.75) is 11.8 Å². The zero-order valence-electron chi connectivity index (χ0n) is 7.42. The highest BCUT2D eigenvalue weighted by Crippen LogP contribution is 2.61. The SMILES string of the molecule is O=P(O)(O)C(Cc1cccs1)P(=O)(O)O. The van der Waals surface area contributed by atoms with Gasteiger partial charge in [-0.1, -0.05) is 6.07 Å². The van der Waals surface area contributed by atoms with Crippen LogP contribution in [0.2, 0.25) is 0 Å². The first kappa shape index (κ1) is 13.1. The average molecular weight is 272 g/mol. The van der Waals surface area contributed by atoms with Crippen molar-refractivity contribution in [3.8, 4) is 0 Å². The van der Waals surface area contributed by atoms with Gasteiger partial charge in [-0.15, -0.1) is 11.3 Å². The summed E-state index contributed by atoms with van der Waals surface area (Å²) in [5.41, 5.74) is 0. The molecule has 0 aromatic carbocycles. The lowest BCUT2D eigenvalue weighted by atomic mass is 10.4. The zero-order chi connectivity index (χ0) is 11.7. The molecule has 0 aliphatic heterocycles. The normalized spacial score (nSPS) is 13.4. The second-order valence-corrected chi connectivity index (χ2v) is 7.98. The van der Waals surface area contributed by atoms with Crippen molar-refractivity contribution in [2.75, 3.05) is 0 Å². The van der Waals surface area contributed by atoms with Crippen LogP contribution >= 0.6 is 26.5 Å². The van der Waals surface area contributed by atoms with Gasteiger partial charge < -0.3 is 19.6 Å². The highest BCUT2D eigenvalue weighted by Gasteiger charge is 2.43. The van der Waals surface area contributed by atoms with E-state index < -0.39 is 20.6 Å². The summed E-state index contributed by atoms with van der Waals surface area (Å²) < 4.78 is 21.8. The van der Waals surface area contributed by atoms with Crippen molar-refractivity contribution in [3.05, 3.63) is 22.4 Å². The van der Waals surface area contributed by atoms with Gasteiger partial charge in [-0.2, -0.15) is 0 Å². The minimum atomic E-state index is -4.79. The molecule has 1 heterocycles. The molecule has 0 bridgehead atoms. The lowest BCUT2D eigenvalue weighted by molar-refractivity contribution is 0.338. The molecule has 9 heteroatoms. The fourth-order valence-corrected chi connectivity index (χ4v) is 4.48. The summed E-state index contributed by atoms with van der Waals surface area (Å²) in [4.78, 5) is 35.9. The summed E-state index contributed by atoms with van der Waals surface area (Å²) in [7, 11) is -9.59. The number of thiophene rings is 1. The van der Waals surface area contributed by atoms with E-state index in [1.54, 1.807) is 17.5 Å². The number of hydrogen-bond donors (Lipinski definition) is 4. The summed E-state index contributed by atoms with van der Waals surface area (Å²) in [6.07, 6.45) is -0.313. The molecular weight excluding hydrogens is 262 g/mol. The summed E-state index contributed by atoms with van der Waals surface area (Å²) >= 11 is 1.20. The third-order valence-electron chi connectivity index (χ3n) is 1.74. The van der Waals surface area contributed by atoms with Crippen LogP contribution in [0.5, 0.6) is 0 Å². The molecule has 0 amide bonds. The quantitative estimate of drug-likeness (QED) is 0.607. The van der Waals surface area contributed by atoms with E-state index in [2.05, 4.69) is 0 Å². The van der Waals surface area contributed by atoms with Gasteiger partial charge in [0, 0.05) is 11.3 Å². The number of rotatable bonds is 4. The van der Waals surface area contributed by atoms with Gasteiger partial charge in [0.1, 0.15) is 0 Å². The van der Waals surface area contributed by atoms with Gasteiger partial charge in [0.15, 0.2) is 5.40 Å². The summed E-state index contributed by atoms with van der Waals surface area (Å²) in [5, 5.41) is -0.269. The molecule has 0 saturated heterocycles. The minimum Gasteiger partial charge on any atom is -0.324 e. The Morgan fingerprint density at radius 1 is 1.20 bits per heavy atom. The first-order chi connectivity index (χ1) is 6.71. The van der Waals surface area contributed by atoms with Crippen molar-refractivity contribution < 1.29 is 28.7 Å². The topological polar surface area (TPSA) is 115 Å². The molecule has 0 atom stereocenters. The fraction of sp³-hybridized carbons (Fsp3) is 0.333. The van der Waals surface area contributed by atoms with Crippen LogP contribution in [-0.2, 0) is 15.6 Å². The Balaban J connectivity index is 2.95. The van der Waals surface area contributed by atoms with E-state index >= 15 is 0 Å². The molecule has 0 unspecified atom stereocenters. The number of hydrogen-bond acceptors (Lipinski definition) is 3. The second kappa shape index (κ2) is 4.47. The van der Waals surface area contributed by atoms with Gasteiger partial charge in [0.25, 0.3) is 0 Å². The summed E-state index contributed by atoms with van der Waals surface area (Å²) in [6, 6.07) is 3.22. The van der Waals surface area contributed by atoms with Gasteiger partial charge >= 0.3 is 15.2 Å². The molecule has 0 aliphatic rings. The first-order valence-electron chi connectivity index (χ1n) is 3.84. The molecule has 6 nitrogen and oxygen atoms in total. The lowest BCUT2D eigenvalue weighted by Gasteiger charge is -2.18. The largest absolute Gasteiger partial charge is 0.341 e. The van der Waals surface area contributed by atoms with Crippen LogP contribution in [0.3, 0.4) is 0 Å². The Hall–Kier alpha value is -0.0000000000000000971. The van der Waals surface area contributed by atoms with Crippen molar-refractivity contribution in [2.24, 2.45) is 0 Å². The third kappa shape index (κ3) is 3.81. The van der Waals surface area contributed by atoms with Crippen LogP contribution in [0, 0.1) is 0 Å². The predicted octanol–water partition coefficient (Wildman–Crippen LogP) is 0.972. The highest BCUT2D eigenvalue weighted by atomic mass is 32.1. The zero-order valence-corrected chi connectivity index (χ0v) is 10.0. The van der Waals surface area contributed by atoms with E-state index in [1.807, 2.05) is 0 Å².